The van der Waals surface area contributed by atoms with Crippen molar-refractivity contribution in [3.8, 4) is 0 Å². The zero-order valence-corrected chi connectivity index (χ0v) is 26.2. The minimum Gasteiger partial charge on any atom is -0.350 e. The van der Waals surface area contributed by atoms with Gasteiger partial charge in [0.15, 0.2) is 0 Å². The first-order chi connectivity index (χ1) is 20.6. The summed E-state index contributed by atoms with van der Waals surface area (Å²) in [4.78, 5) is 0. The molecule has 0 aliphatic heterocycles. The van der Waals surface area contributed by atoms with Crippen molar-refractivity contribution in [2.75, 3.05) is 0 Å². The molecule has 0 aliphatic carbocycles. The van der Waals surface area contributed by atoms with Gasteiger partial charge in [-0.2, -0.15) is 96.6 Å². The number of hydrogen-bond donors (Lipinski definition) is 1. The van der Waals surface area contributed by atoms with E-state index in [-0.39, 0.29) is 0 Å². The van der Waals surface area contributed by atoms with E-state index in [0.717, 1.165) is 0 Å². The van der Waals surface area contributed by atoms with Crippen molar-refractivity contribution in [2.45, 2.75) is 123 Å². The highest BCUT2D eigenvalue weighted by molar-refractivity contribution is 6.93. The van der Waals surface area contributed by atoms with Crippen LogP contribution in [0.5, 0.6) is 0 Å². The molecule has 0 atom stereocenters. The first kappa shape index (κ1) is 47.6. The summed E-state index contributed by atoms with van der Waals surface area (Å²) < 4.78 is 358. The maximum atomic E-state index is 14.9. The third-order valence-corrected chi connectivity index (χ3v) is 15.7. The average Bonchev–Trinajstić information content (AvgIpc) is 2.83. The molecule has 0 spiro atoms. The van der Waals surface area contributed by atoms with E-state index in [1.165, 1.54) is 0 Å². The monoisotopic (exact) mass is 825 g/mol. The average molecular weight is 826 g/mol. The van der Waals surface area contributed by atoms with E-state index in [1.54, 1.807) is 0 Å². The van der Waals surface area contributed by atoms with E-state index < -0.39 is 139 Å². The van der Waals surface area contributed by atoms with Gasteiger partial charge in [-0.3, -0.25) is 0 Å². The van der Waals surface area contributed by atoms with Gasteiger partial charge in [-0.15, -0.1) is 0 Å². The molecule has 0 bridgehead atoms. The second-order valence-electron chi connectivity index (χ2n) is 11.6. The van der Waals surface area contributed by atoms with Gasteiger partial charge in [0.25, 0.3) is 0 Å². The van der Waals surface area contributed by atoms with Crippen LogP contribution in [0.25, 0.3) is 0 Å². The molecule has 0 heterocycles. The maximum absolute atomic E-state index is 14.9. The maximum Gasteiger partial charge on any atom is 0.389 e. The molecule has 29 heteroatoms. The fourth-order valence-corrected chi connectivity index (χ4v) is 13.3. The fraction of sp³-hybridized carbons (Fsp3) is 1.00. The van der Waals surface area contributed by atoms with Crippen LogP contribution in [0.15, 0.2) is 0 Å². The van der Waals surface area contributed by atoms with Crippen LogP contribution in [-0.4, -0.2) is 87.3 Å². The van der Waals surface area contributed by atoms with Crippen LogP contribution in [0.1, 0.15) is 25.7 Å². The van der Waals surface area contributed by atoms with Crippen molar-refractivity contribution in [1.29, 1.82) is 0 Å². The molecule has 0 unspecified atom stereocenters. The van der Waals surface area contributed by atoms with E-state index in [9.17, 15) is 114 Å². The molecular formula is C20H21F26NSi2. The van der Waals surface area contributed by atoms with Crippen LogP contribution in [0, 0.1) is 0 Å². The lowest BCUT2D eigenvalue weighted by molar-refractivity contribution is -0.393. The summed E-state index contributed by atoms with van der Waals surface area (Å²) in [7, 11) is -13.8. The van der Waals surface area contributed by atoms with E-state index in [4.69, 9.17) is 0 Å². The lowest BCUT2D eigenvalue weighted by atomic mass is 9.95. The van der Waals surface area contributed by atoms with Crippen molar-refractivity contribution in [3.63, 3.8) is 0 Å². The molecule has 0 rings (SSSR count). The highest BCUT2D eigenvalue weighted by Gasteiger charge is 2.90. The van der Waals surface area contributed by atoms with Gasteiger partial charge in [0.1, 0.15) is 0 Å². The van der Waals surface area contributed by atoms with Crippen LogP contribution in [0.2, 0.25) is 26.2 Å². The van der Waals surface area contributed by atoms with Gasteiger partial charge in [-0.05, 0) is 0 Å². The van der Waals surface area contributed by atoms with E-state index in [0.29, 0.717) is 4.65 Å². The first-order valence-electron chi connectivity index (χ1n) is 12.3. The molecular weight excluding hydrogens is 804 g/mol. The Morgan fingerprint density at radius 3 is 0.694 bits per heavy atom. The van der Waals surface area contributed by atoms with Crippen LogP contribution < -0.4 is 4.65 Å². The number of halogens is 26. The largest absolute Gasteiger partial charge is 0.389 e. The minimum atomic E-state index is -8.15. The molecule has 49 heavy (non-hydrogen) atoms. The number of nitrogens with one attached hydrogen (secondary N) is 1. The summed E-state index contributed by atoms with van der Waals surface area (Å²) in [5.41, 5.74) is -14.3. The highest BCUT2D eigenvalue weighted by Crippen LogP contribution is 2.62. The summed E-state index contributed by atoms with van der Waals surface area (Å²) in [6, 6.07) is 0. The second-order valence-corrected chi connectivity index (χ2v) is 20.4. The van der Waals surface area contributed by atoms with Crippen LogP contribution in [0.4, 0.5) is 114 Å². The molecule has 1 nitrogen and oxygen atoms in total. The van der Waals surface area contributed by atoms with Gasteiger partial charge >= 0.3 is 70.8 Å². The Kier molecular flexibility index (Phi) is 12.2. The predicted octanol–water partition coefficient (Wildman–Crippen LogP) is 11.1. The predicted molar refractivity (Wildman–Crippen MR) is 118 cm³/mol. The fourth-order valence-electron chi connectivity index (χ4n) is 3.88. The zero-order valence-electron chi connectivity index (χ0n) is 24.2. The Morgan fingerprint density at radius 1 is 0.306 bits per heavy atom. The van der Waals surface area contributed by atoms with Gasteiger partial charge in [0.2, 0.25) is 16.5 Å². The Labute approximate surface area is 258 Å². The molecule has 0 fully saturated rings. The Balaban J connectivity index is 6.95. The molecule has 0 aliphatic rings. The quantitative estimate of drug-likeness (QED) is 0.121. The van der Waals surface area contributed by atoms with Gasteiger partial charge in [0, 0.05) is 25.7 Å². The molecule has 0 aromatic rings. The van der Waals surface area contributed by atoms with Gasteiger partial charge in [-0.25, -0.2) is 17.6 Å². The Morgan fingerprint density at radius 2 is 0.510 bits per heavy atom. The second kappa shape index (κ2) is 12.6. The van der Waals surface area contributed by atoms with Crippen LogP contribution in [0.3, 0.4) is 0 Å². The highest BCUT2D eigenvalue weighted by atomic mass is 28.4. The molecule has 1 N–H and O–H groups in total. The smallest absolute Gasteiger partial charge is 0.350 e. The number of hydrogen-bond acceptors (Lipinski definition) is 1. The molecule has 0 amide bonds. The summed E-state index contributed by atoms with van der Waals surface area (Å²) in [6.45, 7) is -2.45. The van der Waals surface area contributed by atoms with Crippen molar-refractivity contribution >= 4 is 16.5 Å². The van der Waals surface area contributed by atoms with E-state index in [2.05, 4.69) is 0 Å². The lowest BCUT2D eigenvalue weighted by Crippen LogP contribution is -2.82. The first-order valence-corrected chi connectivity index (χ1v) is 18.3. The number of rotatable bonds is 16. The van der Waals surface area contributed by atoms with Crippen molar-refractivity contribution in [1.82, 2.24) is 4.65 Å². The third kappa shape index (κ3) is 7.85. The van der Waals surface area contributed by atoms with Crippen molar-refractivity contribution in [3.05, 3.63) is 0 Å². The number of alkyl halides is 26. The van der Waals surface area contributed by atoms with Gasteiger partial charge in [0.05, 0.1) is 0 Å². The summed E-state index contributed by atoms with van der Waals surface area (Å²) in [5.74, 6) is -61.8. The molecule has 296 valence electrons. The lowest BCUT2D eigenvalue weighted by Gasteiger charge is -2.49. The van der Waals surface area contributed by atoms with Crippen LogP contribution >= 0.6 is 0 Å². The van der Waals surface area contributed by atoms with Gasteiger partial charge < -0.3 is 4.65 Å². The standard InChI is InChI=1S/C20H21F26NSi2/c1-48(2,19(43,44)17(39,40)15(35,36)13(31,32)9(21,22)5-7-11(25,26)27)47-49(3,4)20(45,46)18(41,42)16(37,38)14(33,34)10(23,24)6-8-12(28,29)30/h47H,5-8H2,1-4H3. The Hall–Kier alpha value is -1.43. The molecule has 0 saturated carbocycles. The van der Waals surface area contributed by atoms with Crippen molar-refractivity contribution in [2.24, 2.45) is 0 Å². The Bertz CT molecular complexity index is 1060. The minimum absolute atomic E-state index is 0.429. The molecule has 0 aromatic carbocycles. The van der Waals surface area contributed by atoms with Crippen LogP contribution in [-0.2, 0) is 0 Å². The summed E-state index contributed by atoms with van der Waals surface area (Å²) >= 11 is 0. The third-order valence-electron chi connectivity index (χ3n) is 6.92. The molecule has 0 radical (unpaired) electrons. The zero-order chi connectivity index (χ0) is 40.5. The molecule has 0 aromatic heterocycles. The van der Waals surface area contributed by atoms with E-state index >= 15 is 0 Å². The molecule has 0 saturated heterocycles. The van der Waals surface area contributed by atoms with Crippen molar-refractivity contribution < 1.29 is 114 Å². The van der Waals surface area contributed by atoms with E-state index in [1.807, 2.05) is 0 Å². The normalized spacial score (nSPS) is 16.8. The topological polar surface area (TPSA) is 12.0 Å². The SMILES string of the molecule is C[Si](C)(N[Si](C)(C)C(F)(F)C(F)(F)C(F)(F)C(F)(F)C(F)(F)CCC(F)(F)F)C(F)(F)C(F)(F)C(F)(F)C(F)(F)C(F)(F)CCC(F)(F)F. The van der Waals surface area contributed by atoms with Gasteiger partial charge in [-0.1, -0.05) is 26.2 Å². The summed E-state index contributed by atoms with van der Waals surface area (Å²) in [6.07, 6.45) is -24.8. The summed E-state index contributed by atoms with van der Waals surface area (Å²) in [5, 5.41) is 0.